The van der Waals surface area contributed by atoms with E-state index in [0.29, 0.717) is 49.5 Å². The molecule has 0 bridgehead atoms. The Labute approximate surface area is 254 Å². The van der Waals surface area contributed by atoms with Crippen LogP contribution >= 0.6 is 0 Å². The molecule has 0 saturated carbocycles. The molecule has 0 aliphatic carbocycles. The lowest BCUT2D eigenvalue weighted by Gasteiger charge is -2.19. The first-order valence-electron chi connectivity index (χ1n) is 14.6. The van der Waals surface area contributed by atoms with E-state index in [0.717, 1.165) is 11.6 Å². The number of hydrogen-bond donors (Lipinski definition) is 1. The van der Waals surface area contributed by atoms with Gasteiger partial charge in [-0.15, -0.1) is 0 Å². The number of carbonyl (C=O) groups is 1. The predicted molar refractivity (Wildman–Crippen MR) is 163 cm³/mol. The number of aryl methyl sites for hydroxylation is 2. The Kier molecular flexibility index (Phi) is 9.71. The van der Waals surface area contributed by atoms with E-state index >= 15 is 0 Å². The molecule has 7 nitrogen and oxygen atoms in total. The first kappa shape index (κ1) is 32.6. The summed E-state index contributed by atoms with van der Waals surface area (Å²) in [6.45, 7) is 9.06. The molecule has 44 heavy (non-hydrogen) atoms. The van der Waals surface area contributed by atoms with Crippen molar-refractivity contribution in [1.29, 1.82) is 0 Å². The summed E-state index contributed by atoms with van der Waals surface area (Å²) in [7, 11) is 1.38. The quantitative estimate of drug-likeness (QED) is 0.200. The van der Waals surface area contributed by atoms with Gasteiger partial charge in [0.25, 0.3) is 0 Å². The van der Waals surface area contributed by atoms with Crippen molar-refractivity contribution in [2.24, 2.45) is 0 Å². The van der Waals surface area contributed by atoms with Crippen molar-refractivity contribution in [3.05, 3.63) is 105 Å². The molecule has 3 aromatic carbocycles. The van der Waals surface area contributed by atoms with Crippen molar-refractivity contribution in [2.75, 3.05) is 7.11 Å². The minimum absolute atomic E-state index is 0.0225. The Hall–Kier alpha value is -4.34. The molecule has 1 N–H and O–H groups in total. The third-order valence-electron chi connectivity index (χ3n) is 7.66. The number of benzene rings is 3. The number of alkyl halides is 3. The van der Waals surface area contributed by atoms with Gasteiger partial charge in [-0.2, -0.15) is 18.3 Å². The summed E-state index contributed by atoms with van der Waals surface area (Å²) in [5.41, 5.74) is 2.18. The van der Waals surface area contributed by atoms with Crippen LogP contribution in [0.5, 0.6) is 5.75 Å². The van der Waals surface area contributed by atoms with E-state index in [2.05, 4.69) is 38.0 Å². The van der Waals surface area contributed by atoms with Gasteiger partial charge in [0.2, 0.25) is 0 Å². The van der Waals surface area contributed by atoms with E-state index in [1.54, 1.807) is 10.6 Å². The highest BCUT2D eigenvalue weighted by atomic mass is 19.4. The number of hydrogen-bond acceptors (Lipinski definition) is 4. The Bertz CT molecular complexity index is 1680. The molecular formula is C34H38F3N3O4. The van der Waals surface area contributed by atoms with Gasteiger partial charge in [0.05, 0.1) is 25.6 Å². The lowest BCUT2D eigenvalue weighted by Crippen LogP contribution is -2.25. The smallest absolute Gasteiger partial charge is 0.417 e. The fourth-order valence-electron chi connectivity index (χ4n) is 5.31. The van der Waals surface area contributed by atoms with Crippen LogP contribution < -0.4 is 10.4 Å². The Morgan fingerprint density at radius 2 is 1.64 bits per heavy atom. The topological polar surface area (TPSA) is 86.3 Å². The molecule has 0 saturated heterocycles. The van der Waals surface area contributed by atoms with Gasteiger partial charge in [0.1, 0.15) is 11.6 Å². The van der Waals surface area contributed by atoms with E-state index < -0.39 is 17.7 Å². The number of aliphatic carboxylic acids is 1. The van der Waals surface area contributed by atoms with Crippen molar-refractivity contribution < 1.29 is 27.8 Å². The zero-order valence-electron chi connectivity index (χ0n) is 25.7. The van der Waals surface area contributed by atoms with Gasteiger partial charge in [-0.05, 0) is 71.2 Å². The predicted octanol–water partition coefficient (Wildman–Crippen LogP) is 6.91. The van der Waals surface area contributed by atoms with Crippen LogP contribution in [0.25, 0.3) is 11.1 Å². The largest absolute Gasteiger partial charge is 0.496 e. The van der Waals surface area contributed by atoms with Gasteiger partial charge < -0.3 is 9.84 Å². The fraction of sp³-hybridized carbons (Fsp3) is 0.382. The highest BCUT2D eigenvalue weighted by Gasteiger charge is 2.34. The number of carboxylic acids is 1. The number of nitrogens with zero attached hydrogens (tertiary/aromatic N) is 3. The van der Waals surface area contributed by atoms with Crippen molar-refractivity contribution in [3.63, 3.8) is 0 Å². The second-order valence-electron chi connectivity index (χ2n) is 11.9. The molecule has 0 radical (unpaired) electrons. The summed E-state index contributed by atoms with van der Waals surface area (Å²) in [4.78, 5) is 24.3. The van der Waals surface area contributed by atoms with Crippen LogP contribution in [0.15, 0.2) is 65.5 Å². The zero-order chi connectivity index (χ0) is 32.2. The minimum Gasteiger partial charge on any atom is -0.496 e. The van der Waals surface area contributed by atoms with Crippen molar-refractivity contribution in [1.82, 2.24) is 14.3 Å². The second-order valence-corrected chi connectivity index (χ2v) is 11.9. The molecule has 0 atom stereocenters. The SMILES string of the molecule is CCn1c(CCCc2ccc(-c3ccc(OC)c(CC(=O)O)c3)c(C(F)(F)F)c2)nn(Cc2ccc(C(C)(C)C)cc2)c1=O. The molecular weight excluding hydrogens is 571 g/mol. The lowest BCUT2D eigenvalue weighted by atomic mass is 9.87. The summed E-state index contributed by atoms with van der Waals surface area (Å²) >= 11 is 0. The molecule has 4 rings (SSSR count). The van der Waals surface area contributed by atoms with Gasteiger partial charge in [-0.3, -0.25) is 9.36 Å². The molecule has 4 aromatic rings. The second kappa shape index (κ2) is 13.1. The number of ether oxygens (including phenoxy) is 1. The van der Waals surface area contributed by atoms with E-state index in [1.165, 1.54) is 41.6 Å². The average molecular weight is 610 g/mol. The summed E-state index contributed by atoms with van der Waals surface area (Å²) in [6, 6.07) is 16.7. The van der Waals surface area contributed by atoms with E-state index in [1.807, 2.05) is 19.1 Å². The van der Waals surface area contributed by atoms with Gasteiger partial charge in [0, 0.05) is 18.5 Å². The maximum Gasteiger partial charge on any atom is 0.417 e. The molecule has 0 aliphatic heterocycles. The average Bonchev–Trinajstić information content (AvgIpc) is 3.25. The Morgan fingerprint density at radius 3 is 2.23 bits per heavy atom. The molecule has 234 valence electrons. The standard InChI is InChI=1S/C34H38F3N3O4/c1-6-39-30(38-40(32(39)43)21-23-10-14-26(15-11-23)33(2,3)4)9-7-8-22-12-16-27(28(18-22)34(35,36)37)24-13-17-29(44-5)25(19-24)20-31(41)42/h10-19H,6-9,20-21H2,1-5H3,(H,41,42). The summed E-state index contributed by atoms with van der Waals surface area (Å²) in [5.74, 6) is -0.214. The third kappa shape index (κ3) is 7.59. The summed E-state index contributed by atoms with van der Waals surface area (Å²) in [5, 5.41) is 13.8. The van der Waals surface area contributed by atoms with Crippen LogP contribution in [0.2, 0.25) is 0 Å². The fourth-order valence-corrected chi connectivity index (χ4v) is 5.31. The molecule has 0 fully saturated rings. The Balaban J connectivity index is 1.52. The van der Waals surface area contributed by atoms with Crippen LogP contribution in [-0.2, 0) is 48.7 Å². The molecule has 1 aromatic heterocycles. The van der Waals surface area contributed by atoms with Crippen LogP contribution in [0.1, 0.15) is 67.8 Å². The van der Waals surface area contributed by atoms with Gasteiger partial charge in [0.15, 0.2) is 0 Å². The highest BCUT2D eigenvalue weighted by molar-refractivity contribution is 5.75. The molecule has 0 unspecified atom stereocenters. The first-order valence-corrected chi connectivity index (χ1v) is 14.6. The van der Waals surface area contributed by atoms with Crippen molar-refractivity contribution in [3.8, 4) is 16.9 Å². The van der Waals surface area contributed by atoms with Crippen molar-refractivity contribution >= 4 is 5.97 Å². The van der Waals surface area contributed by atoms with Gasteiger partial charge >= 0.3 is 17.8 Å². The number of carboxylic acid groups (broad SMARTS) is 1. The normalized spacial score (nSPS) is 12.0. The minimum atomic E-state index is -4.62. The van der Waals surface area contributed by atoms with E-state index in [4.69, 9.17) is 4.74 Å². The van der Waals surface area contributed by atoms with Crippen LogP contribution in [0.4, 0.5) is 13.2 Å². The first-order chi connectivity index (χ1) is 20.7. The molecule has 0 aliphatic rings. The number of rotatable bonds is 11. The maximum atomic E-state index is 14.2. The number of halogens is 3. The van der Waals surface area contributed by atoms with Crippen LogP contribution in [0.3, 0.4) is 0 Å². The summed E-state index contributed by atoms with van der Waals surface area (Å²) in [6.07, 6.45) is -3.71. The lowest BCUT2D eigenvalue weighted by molar-refractivity contribution is -0.137. The van der Waals surface area contributed by atoms with Crippen LogP contribution in [0, 0.1) is 0 Å². The Morgan fingerprint density at radius 1 is 0.955 bits per heavy atom. The molecule has 0 spiro atoms. The number of aromatic nitrogens is 3. The molecule has 0 amide bonds. The van der Waals surface area contributed by atoms with E-state index in [-0.39, 0.29) is 34.2 Å². The zero-order valence-corrected chi connectivity index (χ0v) is 25.7. The van der Waals surface area contributed by atoms with Crippen LogP contribution in [-0.4, -0.2) is 32.5 Å². The van der Waals surface area contributed by atoms with Gasteiger partial charge in [-0.25, -0.2) is 9.48 Å². The molecule has 1 heterocycles. The third-order valence-corrected chi connectivity index (χ3v) is 7.66. The highest BCUT2D eigenvalue weighted by Crippen LogP contribution is 2.39. The number of methoxy groups -OCH3 is 1. The van der Waals surface area contributed by atoms with E-state index in [9.17, 15) is 27.9 Å². The van der Waals surface area contributed by atoms with Gasteiger partial charge in [-0.1, -0.05) is 63.2 Å². The monoisotopic (exact) mass is 609 g/mol. The van der Waals surface area contributed by atoms with Crippen molar-refractivity contribution in [2.45, 2.75) is 78.1 Å². The summed E-state index contributed by atoms with van der Waals surface area (Å²) < 4.78 is 50.8. The maximum absolute atomic E-state index is 14.2. The molecule has 10 heteroatoms.